The molecule has 1 aliphatic heterocycles. The smallest absolute Gasteiger partial charge is 0.229 e. The van der Waals surface area contributed by atoms with E-state index in [9.17, 15) is 4.79 Å². The molecule has 0 bridgehead atoms. The number of amides is 1. The van der Waals surface area contributed by atoms with E-state index in [4.69, 9.17) is 22.7 Å². The third-order valence-corrected chi connectivity index (χ3v) is 3.52. The van der Waals surface area contributed by atoms with Crippen molar-refractivity contribution in [3.63, 3.8) is 0 Å². The van der Waals surface area contributed by atoms with E-state index in [0.29, 0.717) is 24.5 Å². The van der Waals surface area contributed by atoms with Crippen LogP contribution in [-0.4, -0.2) is 24.1 Å². The quantitative estimate of drug-likeness (QED) is 0.833. The minimum Gasteiger partial charge on any atom is -0.389 e. The van der Waals surface area contributed by atoms with Gasteiger partial charge in [-0.15, -0.1) is 0 Å². The fraction of sp³-hybridized carbons (Fsp3) is 0.333. The Morgan fingerprint density at radius 2 is 2.33 bits per heavy atom. The van der Waals surface area contributed by atoms with Crippen LogP contribution in [0.1, 0.15) is 12.0 Å². The summed E-state index contributed by atoms with van der Waals surface area (Å²) in [6.07, 6.45) is 0.752. The number of halogens is 1. The molecule has 2 rings (SSSR count). The van der Waals surface area contributed by atoms with Crippen molar-refractivity contribution in [1.29, 1.82) is 0 Å². The normalized spacial score (nSPS) is 18.6. The van der Waals surface area contributed by atoms with E-state index >= 15 is 0 Å². The first-order valence-corrected chi connectivity index (χ1v) is 6.76. The molecule has 1 amide bonds. The zero-order valence-electron chi connectivity index (χ0n) is 9.61. The van der Waals surface area contributed by atoms with Gasteiger partial charge in [0.2, 0.25) is 5.91 Å². The van der Waals surface area contributed by atoms with Gasteiger partial charge < -0.3 is 15.8 Å². The van der Waals surface area contributed by atoms with Gasteiger partial charge in [-0.25, -0.2) is 0 Å². The third kappa shape index (κ3) is 3.07. The predicted molar refractivity (Wildman–Crippen MR) is 77.6 cm³/mol. The maximum absolute atomic E-state index is 12.0. The van der Waals surface area contributed by atoms with Crippen molar-refractivity contribution in [3.05, 3.63) is 28.2 Å². The number of nitrogens with two attached hydrogens (primary N) is 1. The number of hydrogen-bond acceptors (Lipinski definition) is 3. The maximum atomic E-state index is 12.0. The Morgan fingerprint density at radius 1 is 1.56 bits per heavy atom. The molecule has 0 saturated carbocycles. The van der Waals surface area contributed by atoms with Crippen LogP contribution >= 0.6 is 28.1 Å². The molecule has 1 fully saturated rings. The molecule has 4 nitrogen and oxygen atoms in total. The highest BCUT2D eigenvalue weighted by Crippen LogP contribution is 2.23. The van der Waals surface area contributed by atoms with Gasteiger partial charge in [0.25, 0.3) is 0 Å². The van der Waals surface area contributed by atoms with E-state index in [2.05, 4.69) is 21.2 Å². The van der Waals surface area contributed by atoms with Crippen LogP contribution in [0.2, 0.25) is 0 Å². The SMILES string of the molecule is NC(=S)c1ccc(Br)cc1NC(=O)C1CCOC1. The van der Waals surface area contributed by atoms with Gasteiger partial charge in [0, 0.05) is 16.6 Å². The molecule has 0 aliphatic carbocycles. The van der Waals surface area contributed by atoms with Gasteiger partial charge in [-0.3, -0.25) is 4.79 Å². The van der Waals surface area contributed by atoms with Gasteiger partial charge in [-0.05, 0) is 24.6 Å². The molecule has 6 heteroatoms. The summed E-state index contributed by atoms with van der Waals surface area (Å²) in [5.74, 6) is -0.147. The summed E-state index contributed by atoms with van der Waals surface area (Å²) < 4.78 is 6.06. The van der Waals surface area contributed by atoms with Crippen molar-refractivity contribution in [2.45, 2.75) is 6.42 Å². The van der Waals surface area contributed by atoms with Crippen molar-refractivity contribution >= 4 is 44.7 Å². The van der Waals surface area contributed by atoms with Crippen molar-refractivity contribution in [3.8, 4) is 0 Å². The molecule has 18 heavy (non-hydrogen) atoms. The van der Waals surface area contributed by atoms with Crippen molar-refractivity contribution in [1.82, 2.24) is 0 Å². The largest absolute Gasteiger partial charge is 0.389 e. The van der Waals surface area contributed by atoms with Crippen LogP contribution in [0.4, 0.5) is 5.69 Å². The first-order valence-electron chi connectivity index (χ1n) is 5.56. The standard InChI is InChI=1S/C12H13BrN2O2S/c13-8-1-2-9(11(14)18)10(5-8)15-12(16)7-3-4-17-6-7/h1-2,5,7H,3-4,6H2,(H2,14,18)(H,15,16). The van der Waals surface area contributed by atoms with Crippen LogP contribution in [0.15, 0.2) is 22.7 Å². The number of thiocarbonyl (C=S) groups is 1. The Labute approximate surface area is 119 Å². The van der Waals surface area contributed by atoms with Gasteiger partial charge in [-0.1, -0.05) is 28.1 Å². The predicted octanol–water partition coefficient (Wildman–Crippen LogP) is 2.06. The van der Waals surface area contributed by atoms with Crippen LogP contribution in [0.3, 0.4) is 0 Å². The Balaban J connectivity index is 2.19. The number of ether oxygens (including phenoxy) is 1. The number of benzene rings is 1. The van der Waals surface area contributed by atoms with Crippen LogP contribution in [0.5, 0.6) is 0 Å². The minimum absolute atomic E-state index is 0.0527. The highest BCUT2D eigenvalue weighted by molar-refractivity contribution is 9.10. The van der Waals surface area contributed by atoms with Crippen LogP contribution < -0.4 is 11.1 Å². The summed E-state index contributed by atoms with van der Waals surface area (Å²) in [5.41, 5.74) is 6.93. The zero-order chi connectivity index (χ0) is 13.1. The van der Waals surface area contributed by atoms with Crippen LogP contribution in [0.25, 0.3) is 0 Å². The molecule has 1 atom stereocenters. The molecular formula is C12H13BrN2O2S. The van der Waals surface area contributed by atoms with Crippen molar-refractivity contribution in [2.24, 2.45) is 11.7 Å². The fourth-order valence-corrected chi connectivity index (χ4v) is 2.35. The molecule has 0 aromatic heterocycles. The molecule has 0 radical (unpaired) electrons. The number of hydrogen-bond donors (Lipinski definition) is 2. The number of rotatable bonds is 3. The second-order valence-electron chi connectivity index (χ2n) is 4.10. The highest BCUT2D eigenvalue weighted by atomic mass is 79.9. The topological polar surface area (TPSA) is 64.3 Å². The molecule has 0 spiro atoms. The summed E-state index contributed by atoms with van der Waals surface area (Å²) >= 11 is 8.33. The lowest BCUT2D eigenvalue weighted by Gasteiger charge is -2.13. The summed E-state index contributed by atoms with van der Waals surface area (Å²) in [6.45, 7) is 1.11. The van der Waals surface area contributed by atoms with E-state index in [0.717, 1.165) is 10.9 Å². The lowest BCUT2D eigenvalue weighted by Crippen LogP contribution is -2.24. The summed E-state index contributed by atoms with van der Waals surface area (Å²) in [6, 6.07) is 5.41. The van der Waals surface area contributed by atoms with E-state index < -0.39 is 0 Å². The molecule has 1 aliphatic rings. The van der Waals surface area contributed by atoms with Gasteiger partial charge >= 0.3 is 0 Å². The molecule has 1 unspecified atom stereocenters. The molecule has 96 valence electrons. The van der Waals surface area contributed by atoms with E-state index in [1.807, 2.05) is 6.07 Å². The third-order valence-electron chi connectivity index (χ3n) is 2.81. The monoisotopic (exact) mass is 328 g/mol. The molecule has 1 heterocycles. The second-order valence-corrected chi connectivity index (χ2v) is 5.46. The zero-order valence-corrected chi connectivity index (χ0v) is 12.0. The number of carbonyl (C=O) groups excluding carboxylic acids is 1. The lowest BCUT2D eigenvalue weighted by molar-refractivity contribution is -0.119. The highest BCUT2D eigenvalue weighted by Gasteiger charge is 2.24. The first-order chi connectivity index (χ1) is 8.58. The fourth-order valence-electron chi connectivity index (χ4n) is 1.81. The Hall–Kier alpha value is -0.980. The Kier molecular flexibility index (Phi) is 4.31. The van der Waals surface area contributed by atoms with Gasteiger partial charge in [0.1, 0.15) is 4.99 Å². The van der Waals surface area contributed by atoms with Gasteiger partial charge in [0.05, 0.1) is 18.2 Å². The maximum Gasteiger partial charge on any atom is 0.229 e. The van der Waals surface area contributed by atoms with E-state index in [1.165, 1.54) is 0 Å². The van der Waals surface area contributed by atoms with E-state index in [-0.39, 0.29) is 16.8 Å². The van der Waals surface area contributed by atoms with Crippen LogP contribution in [0, 0.1) is 5.92 Å². The summed E-state index contributed by atoms with van der Waals surface area (Å²) in [5, 5.41) is 2.86. The van der Waals surface area contributed by atoms with Crippen LogP contribution in [-0.2, 0) is 9.53 Å². The van der Waals surface area contributed by atoms with Crippen molar-refractivity contribution in [2.75, 3.05) is 18.5 Å². The van der Waals surface area contributed by atoms with Gasteiger partial charge in [0.15, 0.2) is 0 Å². The number of carbonyl (C=O) groups is 1. The molecule has 3 N–H and O–H groups in total. The molecule has 1 aromatic rings. The number of anilines is 1. The first kappa shape index (κ1) is 13.5. The lowest BCUT2D eigenvalue weighted by atomic mass is 10.1. The summed E-state index contributed by atoms with van der Waals surface area (Å²) in [4.78, 5) is 12.3. The van der Waals surface area contributed by atoms with Gasteiger partial charge in [-0.2, -0.15) is 0 Å². The average molecular weight is 329 g/mol. The molecule has 1 aromatic carbocycles. The number of nitrogens with one attached hydrogen (secondary N) is 1. The second kappa shape index (κ2) is 5.77. The van der Waals surface area contributed by atoms with Crippen molar-refractivity contribution < 1.29 is 9.53 Å². The molecular weight excluding hydrogens is 316 g/mol. The Bertz CT molecular complexity index is 487. The molecule has 1 saturated heterocycles. The summed E-state index contributed by atoms with van der Waals surface area (Å²) in [7, 11) is 0. The Morgan fingerprint density at radius 3 is 2.94 bits per heavy atom. The minimum atomic E-state index is -0.0943. The van der Waals surface area contributed by atoms with E-state index in [1.54, 1.807) is 12.1 Å². The average Bonchev–Trinajstić information content (AvgIpc) is 2.81.